The fourth-order valence-electron chi connectivity index (χ4n) is 1.84. The second-order valence-corrected chi connectivity index (χ2v) is 4.28. The molecule has 0 aromatic rings. The summed E-state index contributed by atoms with van der Waals surface area (Å²) >= 11 is 0. The Hall–Kier alpha value is -0.0800. The highest BCUT2D eigenvalue weighted by Gasteiger charge is 2.14. The fraction of sp³-hybridized carbons (Fsp3) is 1.00. The van der Waals surface area contributed by atoms with Gasteiger partial charge in [-0.15, -0.1) is 0 Å². The van der Waals surface area contributed by atoms with Crippen LogP contribution in [0.15, 0.2) is 0 Å². The minimum absolute atomic E-state index is 0.0397. The average molecular weight is 171 g/mol. The topological polar surface area (TPSA) is 23.5 Å². The van der Waals surface area contributed by atoms with Gasteiger partial charge < -0.3 is 10.0 Å². The number of rotatable bonds is 2. The lowest BCUT2D eigenvalue weighted by Crippen LogP contribution is -2.29. The minimum Gasteiger partial charge on any atom is -0.393 e. The second kappa shape index (κ2) is 4.83. The Balaban J connectivity index is 2.26. The minimum atomic E-state index is -0.0397. The first-order chi connectivity index (χ1) is 5.68. The van der Waals surface area contributed by atoms with Gasteiger partial charge in [-0.2, -0.15) is 0 Å². The van der Waals surface area contributed by atoms with E-state index < -0.39 is 0 Å². The zero-order valence-electron chi connectivity index (χ0n) is 8.29. The maximum atomic E-state index is 9.41. The summed E-state index contributed by atoms with van der Waals surface area (Å²) in [5.74, 6) is 0.750. The first kappa shape index (κ1) is 10.0. The molecule has 72 valence electrons. The Morgan fingerprint density at radius 2 is 2.08 bits per heavy atom. The molecule has 2 heteroatoms. The number of aliphatic hydroxyl groups is 1. The molecule has 1 N–H and O–H groups in total. The number of hydrogen-bond donors (Lipinski definition) is 1. The Bertz CT molecular complexity index is 125. The van der Waals surface area contributed by atoms with Crippen molar-refractivity contribution < 1.29 is 5.11 Å². The van der Waals surface area contributed by atoms with Gasteiger partial charge in [0.2, 0.25) is 0 Å². The molecule has 0 aliphatic carbocycles. The van der Waals surface area contributed by atoms with E-state index in [0.717, 1.165) is 31.7 Å². The van der Waals surface area contributed by atoms with Crippen LogP contribution in [-0.2, 0) is 0 Å². The first-order valence-corrected chi connectivity index (χ1v) is 5.09. The second-order valence-electron chi connectivity index (χ2n) is 4.28. The van der Waals surface area contributed by atoms with Gasteiger partial charge >= 0.3 is 0 Å². The van der Waals surface area contributed by atoms with Crippen molar-refractivity contribution in [3.05, 3.63) is 0 Å². The third-order valence-electron chi connectivity index (χ3n) is 2.41. The molecule has 1 atom stereocenters. The molecule has 0 saturated carbocycles. The van der Waals surface area contributed by atoms with Crippen molar-refractivity contribution in [3.8, 4) is 0 Å². The molecule has 0 unspecified atom stereocenters. The highest BCUT2D eigenvalue weighted by molar-refractivity contribution is 4.69. The fourth-order valence-corrected chi connectivity index (χ4v) is 1.84. The molecular weight excluding hydrogens is 150 g/mol. The van der Waals surface area contributed by atoms with E-state index in [4.69, 9.17) is 0 Å². The van der Waals surface area contributed by atoms with Crippen LogP contribution >= 0.6 is 0 Å². The Morgan fingerprint density at radius 1 is 1.33 bits per heavy atom. The van der Waals surface area contributed by atoms with Crippen LogP contribution in [0.3, 0.4) is 0 Å². The SMILES string of the molecule is CC(C)CN1CCC[C@H](O)CC1. The summed E-state index contributed by atoms with van der Waals surface area (Å²) in [6.45, 7) is 7.95. The molecule has 2 nitrogen and oxygen atoms in total. The molecule has 0 amide bonds. The van der Waals surface area contributed by atoms with Crippen molar-refractivity contribution in [2.75, 3.05) is 19.6 Å². The van der Waals surface area contributed by atoms with E-state index in [-0.39, 0.29) is 6.10 Å². The van der Waals surface area contributed by atoms with Gasteiger partial charge in [-0.25, -0.2) is 0 Å². The van der Waals surface area contributed by atoms with Crippen molar-refractivity contribution in [3.63, 3.8) is 0 Å². The van der Waals surface area contributed by atoms with Crippen molar-refractivity contribution >= 4 is 0 Å². The summed E-state index contributed by atoms with van der Waals surface area (Å²) in [6, 6.07) is 0. The zero-order chi connectivity index (χ0) is 8.97. The van der Waals surface area contributed by atoms with Crippen LogP contribution in [0.4, 0.5) is 0 Å². The van der Waals surface area contributed by atoms with E-state index in [1.54, 1.807) is 0 Å². The highest BCUT2D eigenvalue weighted by atomic mass is 16.3. The summed E-state index contributed by atoms with van der Waals surface area (Å²) in [6.07, 6.45) is 3.08. The molecule has 1 aliphatic heterocycles. The predicted octanol–water partition coefficient (Wildman–Crippen LogP) is 1.49. The van der Waals surface area contributed by atoms with Crippen LogP contribution in [-0.4, -0.2) is 35.7 Å². The van der Waals surface area contributed by atoms with E-state index in [1.165, 1.54) is 13.1 Å². The van der Waals surface area contributed by atoms with Gasteiger partial charge in [-0.1, -0.05) is 13.8 Å². The largest absolute Gasteiger partial charge is 0.393 e. The molecule has 1 fully saturated rings. The van der Waals surface area contributed by atoms with Crippen LogP contribution in [0.5, 0.6) is 0 Å². The molecule has 1 aliphatic rings. The molecule has 0 aromatic carbocycles. The number of nitrogens with zero attached hydrogens (tertiary/aromatic N) is 1. The summed E-state index contributed by atoms with van der Waals surface area (Å²) in [5.41, 5.74) is 0. The van der Waals surface area contributed by atoms with Crippen molar-refractivity contribution in [2.24, 2.45) is 5.92 Å². The van der Waals surface area contributed by atoms with Crippen LogP contribution in [0.1, 0.15) is 33.1 Å². The van der Waals surface area contributed by atoms with Gasteiger partial charge in [-0.3, -0.25) is 0 Å². The smallest absolute Gasteiger partial charge is 0.0553 e. The van der Waals surface area contributed by atoms with Gasteiger partial charge in [0.1, 0.15) is 0 Å². The van der Waals surface area contributed by atoms with Crippen LogP contribution < -0.4 is 0 Å². The predicted molar refractivity (Wildman–Crippen MR) is 51.1 cm³/mol. The Kier molecular flexibility index (Phi) is 4.02. The van der Waals surface area contributed by atoms with E-state index in [2.05, 4.69) is 18.7 Å². The van der Waals surface area contributed by atoms with Crippen molar-refractivity contribution in [2.45, 2.75) is 39.2 Å². The standard InChI is InChI=1S/C10H21NO/c1-9(2)8-11-6-3-4-10(12)5-7-11/h9-10,12H,3-8H2,1-2H3/t10-/m0/s1. The number of aliphatic hydroxyl groups excluding tert-OH is 1. The maximum Gasteiger partial charge on any atom is 0.0553 e. The van der Waals surface area contributed by atoms with E-state index in [0.29, 0.717) is 0 Å². The molecule has 1 heterocycles. The summed E-state index contributed by atoms with van der Waals surface area (Å²) < 4.78 is 0. The lowest BCUT2D eigenvalue weighted by molar-refractivity contribution is 0.154. The van der Waals surface area contributed by atoms with E-state index in [1.807, 2.05) is 0 Å². The number of hydrogen-bond acceptors (Lipinski definition) is 2. The molecular formula is C10H21NO. The monoisotopic (exact) mass is 171 g/mol. The number of likely N-dealkylation sites (tertiary alicyclic amines) is 1. The average Bonchev–Trinajstić information content (AvgIpc) is 2.15. The van der Waals surface area contributed by atoms with E-state index >= 15 is 0 Å². The van der Waals surface area contributed by atoms with Crippen molar-refractivity contribution in [1.29, 1.82) is 0 Å². The summed E-state index contributed by atoms with van der Waals surface area (Å²) in [4.78, 5) is 2.47. The van der Waals surface area contributed by atoms with Crippen LogP contribution in [0, 0.1) is 5.92 Å². The zero-order valence-corrected chi connectivity index (χ0v) is 8.29. The molecule has 0 aromatic heterocycles. The summed E-state index contributed by atoms with van der Waals surface area (Å²) in [7, 11) is 0. The Morgan fingerprint density at radius 3 is 2.75 bits per heavy atom. The van der Waals surface area contributed by atoms with Crippen LogP contribution in [0.2, 0.25) is 0 Å². The third-order valence-corrected chi connectivity index (χ3v) is 2.41. The molecule has 1 saturated heterocycles. The van der Waals surface area contributed by atoms with Crippen molar-refractivity contribution in [1.82, 2.24) is 4.90 Å². The van der Waals surface area contributed by atoms with Crippen LogP contribution in [0.25, 0.3) is 0 Å². The normalized spacial score (nSPS) is 27.5. The van der Waals surface area contributed by atoms with Gasteiger partial charge in [0.25, 0.3) is 0 Å². The van der Waals surface area contributed by atoms with Gasteiger partial charge in [-0.05, 0) is 31.7 Å². The third kappa shape index (κ3) is 3.55. The maximum absolute atomic E-state index is 9.41. The molecule has 0 spiro atoms. The first-order valence-electron chi connectivity index (χ1n) is 5.09. The molecule has 0 bridgehead atoms. The van der Waals surface area contributed by atoms with Gasteiger partial charge in [0, 0.05) is 13.1 Å². The summed E-state index contributed by atoms with van der Waals surface area (Å²) in [5, 5.41) is 9.41. The molecule has 0 radical (unpaired) electrons. The molecule has 1 rings (SSSR count). The van der Waals surface area contributed by atoms with E-state index in [9.17, 15) is 5.11 Å². The quantitative estimate of drug-likeness (QED) is 0.680. The Labute approximate surface area is 75.6 Å². The van der Waals surface area contributed by atoms with Gasteiger partial charge in [0.15, 0.2) is 0 Å². The molecule has 12 heavy (non-hydrogen) atoms. The lowest BCUT2D eigenvalue weighted by Gasteiger charge is -2.21. The van der Waals surface area contributed by atoms with Gasteiger partial charge in [0.05, 0.1) is 6.10 Å². The highest BCUT2D eigenvalue weighted by Crippen LogP contribution is 2.11. The lowest BCUT2D eigenvalue weighted by atomic mass is 10.2.